The van der Waals surface area contributed by atoms with Crippen molar-refractivity contribution in [3.8, 4) is 0 Å². The Balaban J connectivity index is 2.59. The Morgan fingerprint density at radius 2 is 1.56 bits per heavy atom. The van der Waals surface area contributed by atoms with Gasteiger partial charge in [0.2, 0.25) is 0 Å². The first-order valence-electron chi connectivity index (χ1n) is 9.86. The molecule has 0 bridgehead atoms. The number of unbranched alkanes of at least 4 members (excludes halogenated alkanes) is 6. The first kappa shape index (κ1) is 23.4. The lowest BCUT2D eigenvalue weighted by atomic mass is 10.0. The molecule has 1 rings (SSSR count). The molecule has 1 aromatic rings. The van der Waals surface area contributed by atoms with Crippen molar-refractivity contribution in [1.82, 2.24) is 0 Å². The van der Waals surface area contributed by atoms with Crippen LogP contribution in [0.1, 0.15) is 94.0 Å². The Morgan fingerprint density at radius 1 is 0.926 bits per heavy atom. The molecule has 154 valence electrons. The summed E-state index contributed by atoms with van der Waals surface area (Å²) in [4.78, 5) is 12.2. The van der Waals surface area contributed by atoms with Crippen LogP contribution in [0.2, 0.25) is 0 Å². The number of hydrogen-bond donors (Lipinski definition) is 0. The lowest BCUT2D eigenvalue weighted by molar-refractivity contribution is -0.137. The van der Waals surface area contributed by atoms with Crippen LogP contribution in [-0.4, -0.2) is 12.1 Å². The second-order valence-corrected chi connectivity index (χ2v) is 6.95. The molecule has 0 aromatic heterocycles. The van der Waals surface area contributed by atoms with E-state index in [1.54, 1.807) is 0 Å². The molecule has 27 heavy (non-hydrogen) atoms. The zero-order valence-electron chi connectivity index (χ0n) is 16.2. The molecule has 0 aliphatic heterocycles. The predicted molar refractivity (Wildman–Crippen MR) is 98.1 cm³/mol. The van der Waals surface area contributed by atoms with Crippen molar-refractivity contribution in [2.45, 2.75) is 90.3 Å². The number of halogens is 4. The van der Waals surface area contributed by atoms with Crippen LogP contribution in [0.3, 0.4) is 0 Å². The third-order valence-electron chi connectivity index (χ3n) is 4.47. The molecule has 0 spiro atoms. The number of hydrogen-bond acceptors (Lipinski definition) is 2. The summed E-state index contributed by atoms with van der Waals surface area (Å²) < 4.78 is 57.2. The van der Waals surface area contributed by atoms with Gasteiger partial charge < -0.3 is 4.74 Å². The van der Waals surface area contributed by atoms with Gasteiger partial charge in [-0.1, -0.05) is 58.8 Å². The first-order chi connectivity index (χ1) is 12.8. The third kappa shape index (κ3) is 9.25. The van der Waals surface area contributed by atoms with Gasteiger partial charge >= 0.3 is 12.1 Å². The zero-order valence-corrected chi connectivity index (χ0v) is 16.2. The van der Waals surface area contributed by atoms with E-state index in [9.17, 15) is 22.4 Å². The van der Waals surface area contributed by atoms with Gasteiger partial charge in [0, 0.05) is 0 Å². The van der Waals surface area contributed by atoms with E-state index >= 15 is 0 Å². The molecular weight excluding hydrogens is 360 g/mol. The highest BCUT2D eigenvalue weighted by molar-refractivity contribution is 5.89. The number of alkyl halides is 3. The standard InChI is InChI=1S/C21H30F4O2/c1-3-5-6-7-8-9-10-12-19(11-4-2)27-20(26)16-13-17(21(23,24)25)15-18(22)14-16/h13-15,19H,3-12H2,1-2H3. The number of carbonyl (C=O) groups excluding carboxylic acids is 1. The summed E-state index contributed by atoms with van der Waals surface area (Å²) in [6.07, 6.45) is 4.98. The SMILES string of the molecule is CCCCCCCCCC(CCC)OC(=O)c1cc(F)cc(C(F)(F)F)c1. The summed E-state index contributed by atoms with van der Waals surface area (Å²) in [5.74, 6) is -2.00. The average molecular weight is 390 g/mol. The van der Waals surface area contributed by atoms with E-state index in [0.29, 0.717) is 25.0 Å². The second-order valence-electron chi connectivity index (χ2n) is 6.95. The van der Waals surface area contributed by atoms with Crippen LogP contribution in [-0.2, 0) is 10.9 Å². The Bertz CT molecular complexity index is 570. The van der Waals surface area contributed by atoms with Gasteiger partial charge in [-0.15, -0.1) is 0 Å². The van der Waals surface area contributed by atoms with E-state index in [1.807, 2.05) is 6.92 Å². The van der Waals surface area contributed by atoms with E-state index in [2.05, 4.69) is 6.92 Å². The van der Waals surface area contributed by atoms with E-state index < -0.39 is 29.1 Å². The van der Waals surface area contributed by atoms with Gasteiger partial charge in [-0.2, -0.15) is 13.2 Å². The number of rotatable bonds is 12. The monoisotopic (exact) mass is 390 g/mol. The van der Waals surface area contributed by atoms with Crippen LogP contribution in [0.15, 0.2) is 18.2 Å². The van der Waals surface area contributed by atoms with Crippen molar-refractivity contribution in [2.24, 2.45) is 0 Å². The van der Waals surface area contributed by atoms with Crippen molar-refractivity contribution < 1.29 is 27.1 Å². The molecule has 0 radical (unpaired) electrons. The van der Waals surface area contributed by atoms with Crippen LogP contribution >= 0.6 is 0 Å². The van der Waals surface area contributed by atoms with E-state index in [4.69, 9.17) is 4.74 Å². The van der Waals surface area contributed by atoms with E-state index in [0.717, 1.165) is 31.7 Å². The smallest absolute Gasteiger partial charge is 0.416 e. The van der Waals surface area contributed by atoms with Crippen molar-refractivity contribution in [2.75, 3.05) is 0 Å². The Labute approximate surface area is 159 Å². The summed E-state index contributed by atoms with van der Waals surface area (Å²) in [7, 11) is 0. The molecule has 0 fully saturated rings. The van der Waals surface area contributed by atoms with E-state index in [1.165, 1.54) is 25.7 Å². The molecule has 1 unspecified atom stereocenters. The third-order valence-corrected chi connectivity index (χ3v) is 4.47. The van der Waals surface area contributed by atoms with Crippen LogP contribution in [0, 0.1) is 5.82 Å². The molecule has 0 saturated carbocycles. The van der Waals surface area contributed by atoms with Crippen molar-refractivity contribution in [3.63, 3.8) is 0 Å². The lowest BCUT2D eigenvalue weighted by Crippen LogP contribution is -2.19. The highest BCUT2D eigenvalue weighted by atomic mass is 19.4. The Morgan fingerprint density at radius 3 is 2.15 bits per heavy atom. The fourth-order valence-electron chi connectivity index (χ4n) is 3.00. The highest BCUT2D eigenvalue weighted by Gasteiger charge is 2.32. The van der Waals surface area contributed by atoms with Gasteiger partial charge in [-0.05, 0) is 37.5 Å². The molecule has 1 aromatic carbocycles. The molecule has 0 N–H and O–H groups in total. The minimum atomic E-state index is -4.71. The topological polar surface area (TPSA) is 26.3 Å². The van der Waals surface area contributed by atoms with Gasteiger partial charge in [-0.25, -0.2) is 9.18 Å². The van der Waals surface area contributed by atoms with Crippen LogP contribution in [0.25, 0.3) is 0 Å². The van der Waals surface area contributed by atoms with Crippen molar-refractivity contribution >= 4 is 5.97 Å². The van der Waals surface area contributed by atoms with Gasteiger partial charge in [0.1, 0.15) is 11.9 Å². The van der Waals surface area contributed by atoms with E-state index in [-0.39, 0.29) is 6.10 Å². The average Bonchev–Trinajstić information content (AvgIpc) is 2.59. The number of benzene rings is 1. The molecule has 0 aliphatic rings. The normalized spacial score (nSPS) is 12.8. The largest absolute Gasteiger partial charge is 0.459 e. The maximum Gasteiger partial charge on any atom is 0.416 e. The Kier molecular flexibility index (Phi) is 10.4. The second kappa shape index (κ2) is 12.0. The zero-order chi connectivity index (χ0) is 20.3. The summed E-state index contributed by atoms with van der Waals surface area (Å²) in [6, 6.07) is 1.80. The maximum atomic E-state index is 13.5. The molecule has 6 heteroatoms. The maximum absolute atomic E-state index is 13.5. The van der Waals surface area contributed by atoms with Gasteiger partial charge in [0.15, 0.2) is 0 Å². The fraction of sp³-hybridized carbons (Fsp3) is 0.667. The minimum absolute atomic E-state index is 0.351. The summed E-state index contributed by atoms with van der Waals surface area (Å²) >= 11 is 0. The number of carbonyl (C=O) groups is 1. The predicted octanol–water partition coefficient (Wildman–Crippen LogP) is 7.31. The molecule has 0 amide bonds. The van der Waals surface area contributed by atoms with Crippen LogP contribution < -0.4 is 0 Å². The molecule has 0 heterocycles. The number of esters is 1. The van der Waals surface area contributed by atoms with Crippen LogP contribution in [0.4, 0.5) is 17.6 Å². The number of ether oxygens (including phenoxy) is 1. The van der Waals surface area contributed by atoms with Gasteiger partial charge in [-0.3, -0.25) is 0 Å². The Hall–Kier alpha value is -1.59. The molecule has 2 nitrogen and oxygen atoms in total. The molecule has 0 saturated heterocycles. The summed E-state index contributed by atoms with van der Waals surface area (Å²) in [6.45, 7) is 4.12. The molecule has 1 atom stereocenters. The molecule has 0 aliphatic carbocycles. The fourth-order valence-corrected chi connectivity index (χ4v) is 3.00. The lowest BCUT2D eigenvalue weighted by Gasteiger charge is -2.18. The van der Waals surface area contributed by atoms with Crippen molar-refractivity contribution in [1.29, 1.82) is 0 Å². The van der Waals surface area contributed by atoms with Gasteiger partial charge in [0.25, 0.3) is 0 Å². The molecular formula is C21H30F4O2. The van der Waals surface area contributed by atoms with Crippen LogP contribution in [0.5, 0.6) is 0 Å². The highest BCUT2D eigenvalue weighted by Crippen LogP contribution is 2.30. The van der Waals surface area contributed by atoms with Gasteiger partial charge in [0.05, 0.1) is 11.1 Å². The summed E-state index contributed by atoms with van der Waals surface area (Å²) in [5, 5.41) is 0. The van der Waals surface area contributed by atoms with Crippen molar-refractivity contribution in [3.05, 3.63) is 35.1 Å². The first-order valence-corrected chi connectivity index (χ1v) is 9.86. The minimum Gasteiger partial charge on any atom is -0.459 e. The summed E-state index contributed by atoms with van der Waals surface area (Å²) in [5.41, 5.74) is -1.59. The quantitative estimate of drug-likeness (QED) is 0.212.